The van der Waals surface area contributed by atoms with Gasteiger partial charge in [0.05, 0.1) is 19.8 Å². The molecule has 0 saturated heterocycles. The molecule has 0 spiro atoms. The first-order chi connectivity index (χ1) is 30.1. The summed E-state index contributed by atoms with van der Waals surface area (Å²) in [6, 6.07) is 0. The van der Waals surface area contributed by atoms with E-state index in [2.05, 4.69) is 37.1 Å². The zero-order chi connectivity index (χ0) is 45.6. The average molecular weight is 939 g/mol. The van der Waals surface area contributed by atoms with Crippen LogP contribution in [0.3, 0.4) is 0 Å². The summed E-state index contributed by atoms with van der Waals surface area (Å²) in [5, 5.41) is 4.94. The van der Waals surface area contributed by atoms with Crippen molar-refractivity contribution in [3.05, 3.63) is 0 Å². The molecule has 0 aromatic carbocycles. The van der Waals surface area contributed by atoms with Crippen LogP contribution < -0.4 is 10.6 Å². The van der Waals surface area contributed by atoms with Gasteiger partial charge in [0.25, 0.3) is 0 Å². The number of nitrogens with one attached hydrogen (secondary N) is 2. The van der Waals surface area contributed by atoms with Gasteiger partial charge in [-0.25, -0.2) is 9.36 Å². The van der Waals surface area contributed by atoms with Crippen molar-refractivity contribution < 1.29 is 51.9 Å². The van der Waals surface area contributed by atoms with Crippen LogP contribution in [0.5, 0.6) is 0 Å². The van der Waals surface area contributed by atoms with Crippen LogP contribution in [-0.2, 0) is 42.2 Å². The largest absolute Gasteiger partial charge is 0.472 e. The Balaban J connectivity index is 0. The van der Waals surface area contributed by atoms with Crippen LogP contribution >= 0.6 is 20.5 Å². The molecule has 0 fully saturated rings. The van der Waals surface area contributed by atoms with Crippen LogP contribution in [0.25, 0.3) is 0 Å². The van der Waals surface area contributed by atoms with Gasteiger partial charge in [-0.05, 0) is 18.6 Å². The van der Waals surface area contributed by atoms with E-state index in [9.17, 15) is 28.6 Å². The van der Waals surface area contributed by atoms with E-state index >= 15 is 0 Å². The lowest BCUT2D eigenvalue weighted by Gasteiger charge is -2.20. The van der Waals surface area contributed by atoms with Gasteiger partial charge in [0.2, 0.25) is 5.91 Å². The quantitative estimate of drug-likeness (QED) is 0.0150. The van der Waals surface area contributed by atoms with Gasteiger partial charge in [0.15, 0.2) is 6.10 Å². The first kappa shape index (κ1) is 63.2. The summed E-state index contributed by atoms with van der Waals surface area (Å²) in [6.07, 6.45) is 35.4. The van der Waals surface area contributed by atoms with E-state index in [1.807, 2.05) is 0 Å². The molecule has 0 aromatic heterocycles. The Morgan fingerprint density at radius 1 is 0.508 bits per heavy atom. The van der Waals surface area contributed by atoms with Crippen LogP contribution in [0, 0.1) is 0 Å². The predicted molar refractivity (Wildman–Crippen MR) is 259 cm³/mol. The number of hydrogen-bond donors (Lipinski definition) is 4. The van der Waals surface area contributed by atoms with Gasteiger partial charge in [-0.1, -0.05) is 201 Å². The number of unbranched alkanes of at least 4 members (excludes halogenated alkanes) is 28. The first-order valence-corrected chi connectivity index (χ1v) is 27.0. The minimum Gasteiger partial charge on any atom is -0.462 e. The minimum atomic E-state index is -4.62. The summed E-state index contributed by atoms with van der Waals surface area (Å²) in [5.74, 6) is -0.722. The number of alkyl carbamates (subject to hydrolysis) is 1. The molecular weight excluding hydrogens is 844 g/mol. The lowest BCUT2D eigenvalue weighted by molar-refractivity contribution is -0.161. The van der Waals surface area contributed by atoms with Crippen molar-refractivity contribution in [3.8, 4) is 0 Å². The third-order valence-electron chi connectivity index (χ3n) is 10.7. The van der Waals surface area contributed by atoms with Crippen molar-refractivity contribution in [2.24, 2.45) is 0 Å². The van der Waals surface area contributed by atoms with Gasteiger partial charge < -0.3 is 29.7 Å². The molecule has 2 amide bonds. The molecule has 0 aliphatic rings. The van der Waals surface area contributed by atoms with Crippen molar-refractivity contribution >= 4 is 44.4 Å². The summed E-state index contributed by atoms with van der Waals surface area (Å²) >= 11 is 3.98. The second-order valence-electron chi connectivity index (χ2n) is 16.7. The SMILES string of the molecule is C.CCCCCCCCCCCCCCCCCC(=O)OCC(COP(=O)(O)OCCNC(=O)OCCNC(=O)CCS)OC(=O)CCCCCCCCCCCCCCCCC. The molecule has 0 aliphatic carbocycles. The van der Waals surface area contributed by atoms with Crippen LogP contribution in [-0.4, -0.2) is 80.2 Å². The summed E-state index contributed by atoms with van der Waals surface area (Å²) in [7, 11) is -4.62. The summed E-state index contributed by atoms with van der Waals surface area (Å²) in [5.41, 5.74) is 0. The van der Waals surface area contributed by atoms with Gasteiger partial charge in [0.1, 0.15) is 13.2 Å². The van der Waals surface area contributed by atoms with E-state index in [0.29, 0.717) is 18.6 Å². The van der Waals surface area contributed by atoms with E-state index in [0.717, 1.165) is 38.5 Å². The van der Waals surface area contributed by atoms with Gasteiger partial charge in [-0.3, -0.25) is 23.4 Å². The topological polar surface area (TPSA) is 176 Å². The maximum absolute atomic E-state index is 12.8. The molecule has 374 valence electrons. The number of thiol groups is 1. The zero-order valence-electron chi connectivity index (χ0n) is 39.3. The number of ether oxygens (including phenoxy) is 3. The standard InChI is InChI=1S/C47H91N2O11PS.CH4/c1-3-5-7-9-11-13-15-17-19-21-23-25-27-29-31-33-45(51)57-41-43(42-59-61(54,55)58-39-37-49-47(53)56-38-36-48-44(50)35-40-62)60-46(52)34-32-30-28-26-24-22-20-18-16-14-12-10-8-6-4-2;/h43,62H,3-42H2,1-2H3,(H,48,50)(H,49,53)(H,54,55);1H4. The fraction of sp³-hybridized carbons (Fsp3) is 0.917. The molecule has 0 rings (SSSR count). The normalized spacial score (nSPS) is 12.5. The number of rotatable bonds is 47. The number of esters is 2. The highest BCUT2D eigenvalue weighted by Gasteiger charge is 2.26. The molecule has 0 heterocycles. The van der Waals surface area contributed by atoms with Crippen molar-refractivity contribution in [3.63, 3.8) is 0 Å². The van der Waals surface area contributed by atoms with Crippen molar-refractivity contribution in [1.82, 2.24) is 10.6 Å². The Labute approximate surface area is 390 Å². The molecule has 13 nitrogen and oxygen atoms in total. The molecule has 63 heavy (non-hydrogen) atoms. The second kappa shape index (κ2) is 48.1. The highest BCUT2D eigenvalue weighted by atomic mass is 32.1. The van der Waals surface area contributed by atoms with E-state index in [1.54, 1.807) is 0 Å². The Bertz CT molecular complexity index is 1120. The van der Waals surface area contributed by atoms with Crippen LogP contribution in [0.15, 0.2) is 0 Å². The lowest BCUT2D eigenvalue weighted by atomic mass is 10.0. The average Bonchev–Trinajstić information content (AvgIpc) is 3.25. The van der Waals surface area contributed by atoms with Crippen LogP contribution in [0.4, 0.5) is 4.79 Å². The maximum atomic E-state index is 12.8. The number of hydrogen-bond acceptors (Lipinski definition) is 11. The smallest absolute Gasteiger partial charge is 0.462 e. The van der Waals surface area contributed by atoms with Crippen LogP contribution in [0.1, 0.15) is 233 Å². The van der Waals surface area contributed by atoms with E-state index in [-0.39, 0.29) is 65.5 Å². The van der Waals surface area contributed by atoms with E-state index < -0.39 is 38.6 Å². The highest BCUT2D eigenvalue weighted by Crippen LogP contribution is 2.43. The molecule has 15 heteroatoms. The summed E-state index contributed by atoms with van der Waals surface area (Å²) < 4.78 is 38.5. The molecule has 0 aromatic rings. The third-order valence-corrected chi connectivity index (χ3v) is 12.0. The Morgan fingerprint density at radius 3 is 1.33 bits per heavy atom. The van der Waals surface area contributed by atoms with Gasteiger partial charge in [-0.2, -0.15) is 12.6 Å². The Morgan fingerprint density at radius 2 is 0.905 bits per heavy atom. The molecule has 0 radical (unpaired) electrons. The highest BCUT2D eigenvalue weighted by molar-refractivity contribution is 7.80. The van der Waals surface area contributed by atoms with Gasteiger partial charge in [0, 0.05) is 25.8 Å². The summed E-state index contributed by atoms with van der Waals surface area (Å²) in [6.45, 7) is 3.20. The Hall–Kier alpha value is -1.86. The van der Waals surface area contributed by atoms with Crippen LogP contribution in [0.2, 0.25) is 0 Å². The number of phosphoric acid groups is 1. The Kier molecular flexibility index (Phi) is 48.3. The minimum absolute atomic E-state index is 0. The lowest BCUT2D eigenvalue weighted by Crippen LogP contribution is -2.32. The number of carbonyl (C=O) groups is 4. The zero-order valence-corrected chi connectivity index (χ0v) is 41.1. The molecule has 2 atom stereocenters. The molecule has 3 N–H and O–H groups in total. The third kappa shape index (κ3) is 47.9. The first-order valence-electron chi connectivity index (χ1n) is 24.9. The van der Waals surface area contributed by atoms with Crippen molar-refractivity contribution in [2.75, 3.05) is 45.3 Å². The molecular formula is C48H95N2O11PS. The van der Waals surface area contributed by atoms with Crippen molar-refractivity contribution in [1.29, 1.82) is 0 Å². The second-order valence-corrected chi connectivity index (χ2v) is 18.6. The number of phosphoric ester groups is 1. The molecule has 2 unspecified atom stereocenters. The molecule has 0 saturated carbocycles. The fourth-order valence-corrected chi connectivity index (χ4v) is 7.96. The number of amides is 2. The predicted octanol–water partition coefficient (Wildman–Crippen LogP) is 12.9. The van der Waals surface area contributed by atoms with E-state index in [4.69, 9.17) is 23.3 Å². The fourth-order valence-electron chi connectivity index (χ4n) is 7.00. The number of carbonyl (C=O) groups excluding carboxylic acids is 4. The molecule has 0 aliphatic heterocycles. The van der Waals surface area contributed by atoms with Gasteiger partial charge in [-0.15, -0.1) is 0 Å². The monoisotopic (exact) mass is 939 g/mol. The van der Waals surface area contributed by atoms with Crippen molar-refractivity contribution in [2.45, 2.75) is 239 Å². The maximum Gasteiger partial charge on any atom is 0.472 e. The van der Waals surface area contributed by atoms with E-state index in [1.165, 1.54) is 141 Å². The summed E-state index contributed by atoms with van der Waals surface area (Å²) in [4.78, 5) is 58.8. The molecule has 0 bridgehead atoms. The van der Waals surface area contributed by atoms with Gasteiger partial charge >= 0.3 is 25.9 Å².